The zero-order chi connectivity index (χ0) is 24.3. The van der Waals surface area contributed by atoms with Gasteiger partial charge >= 0.3 is 0 Å². The van der Waals surface area contributed by atoms with Crippen LogP contribution in [0, 0.1) is 11.8 Å². The summed E-state index contributed by atoms with van der Waals surface area (Å²) in [6.07, 6.45) is 4.17. The molecule has 3 aromatic carbocycles. The number of hydrogen-bond acceptors (Lipinski definition) is 4. The van der Waals surface area contributed by atoms with Crippen LogP contribution in [0.1, 0.15) is 18.4 Å². The summed E-state index contributed by atoms with van der Waals surface area (Å²) in [5.74, 6) is 0.700. The van der Waals surface area contributed by atoms with Crippen LogP contribution in [0.2, 0.25) is 0 Å². The number of hydrogen-bond donors (Lipinski definition) is 1. The average Bonchev–Trinajstić information content (AvgIpc) is 3.42. The van der Waals surface area contributed by atoms with Crippen LogP contribution in [-0.4, -0.2) is 44.9 Å². The van der Waals surface area contributed by atoms with Crippen LogP contribution in [0.25, 0.3) is 22.4 Å². The third-order valence-electron chi connectivity index (χ3n) is 7.75. The first kappa shape index (κ1) is 22.7. The monoisotopic (exact) mass is 477 g/mol. The first-order valence-corrected chi connectivity index (χ1v) is 12.8. The van der Waals surface area contributed by atoms with Crippen molar-refractivity contribution in [1.29, 1.82) is 0 Å². The summed E-state index contributed by atoms with van der Waals surface area (Å²) in [6, 6.07) is 29.4. The topological polar surface area (TPSA) is 63.1 Å². The number of benzene rings is 3. The molecule has 4 heterocycles. The summed E-state index contributed by atoms with van der Waals surface area (Å²) in [5, 5.41) is 12.0. The molecular formula is C30H31N5O. The second-order valence-electron chi connectivity index (χ2n) is 10.0. The molecule has 182 valence electrons. The van der Waals surface area contributed by atoms with Gasteiger partial charge in [0, 0.05) is 24.7 Å². The molecule has 3 fully saturated rings. The van der Waals surface area contributed by atoms with Gasteiger partial charge < -0.3 is 5.32 Å². The minimum absolute atomic E-state index is 0.0770. The van der Waals surface area contributed by atoms with E-state index in [0.29, 0.717) is 18.5 Å². The van der Waals surface area contributed by atoms with Crippen molar-refractivity contribution in [2.75, 3.05) is 13.1 Å². The van der Waals surface area contributed by atoms with Crippen molar-refractivity contribution in [3.05, 3.63) is 96.7 Å². The summed E-state index contributed by atoms with van der Waals surface area (Å²) in [7, 11) is 0. The predicted molar refractivity (Wildman–Crippen MR) is 141 cm³/mol. The molecule has 3 saturated heterocycles. The predicted octanol–water partition coefficient (Wildman–Crippen LogP) is 4.64. The van der Waals surface area contributed by atoms with Crippen LogP contribution in [0.15, 0.2) is 91.1 Å². The number of carbonyl (C=O) groups is 1. The summed E-state index contributed by atoms with van der Waals surface area (Å²) >= 11 is 0. The zero-order valence-corrected chi connectivity index (χ0v) is 20.3. The lowest BCUT2D eigenvalue weighted by molar-refractivity contribution is -0.133. The molecule has 4 aromatic rings. The van der Waals surface area contributed by atoms with Crippen LogP contribution in [0.5, 0.6) is 0 Å². The van der Waals surface area contributed by atoms with Gasteiger partial charge in [-0.15, -0.1) is 5.10 Å². The fourth-order valence-corrected chi connectivity index (χ4v) is 5.74. The van der Waals surface area contributed by atoms with E-state index in [-0.39, 0.29) is 11.8 Å². The van der Waals surface area contributed by atoms with Crippen LogP contribution in [-0.2, 0) is 17.9 Å². The summed E-state index contributed by atoms with van der Waals surface area (Å²) in [6.45, 7) is 3.29. The first-order chi connectivity index (χ1) is 17.7. The highest BCUT2D eigenvalue weighted by Gasteiger charge is 2.43. The maximum atomic E-state index is 12.9. The molecule has 6 heteroatoms. The van der Waals surface area contributed by atoms with Gasteiger partial charge in [-0.1, -0.05) is 90.1 Å². The minimum atomic E-state index is 0.0770. The van der Waals surface area contributed by atoms with E-state index in [9.17, 15) is 4.79 Å². The molecule has 3 aliphatic rings. The molecule has 3 aliphatic heterocycles. The molecule has 0 spiro atoms. The Labute approximate surface area is 212 Å². The van der Waals surface area contributed by atoms with Gasteiger partial charge in [0.25, 0.3) is 0 Å². The summed E-state index contributed by atoms with van der Waals surface area (Å²) in [4.78, 5) is 15.4. The van der Waals surface area contributed by atoms with E-state index in [1.54, 1.807) is 0 Å². The number of amides is 1. The molecule has 0 saturated carbocycles. The Hall–Kier alpha value is -3.77. The number of nitrogens with zero attached hydrogens (tertiary/aromatic N) is 4. The fraction of sp³-hybridized carbons (Fsp3) is 0.300. The number of nitrogens with one attached hydrogen (secondary N) is 1. The summed E-state index contributed by atoms with van der Waals surface area (Å²) < 4.78 is 1.97. The van der Waals surface area contributed by atoms with Crippen molar-refractivity contribution in [3.63, 3.8) is 0 Å². The highest BCUT2D eigenvalue weighted by atomic mass is 16.1. The highest BCUT2D eigenvalue weighted by molar-refractivity contribution is 5.79. The molecule has 4 unspecified atom stereocenters. The Bertz CT molecular complexity index is 1300. The van der Waals surface area contributed by atoms with Gasteiger partial charge in [0.15, 0.2) is 0 Å². The number of aromatic nitrogens is 3. The van der Waals surface area contributed by atoms with E-state index >= 15 is 0 Å². The van der Waals surface area contributed by atoms with Crippen molar-refractivity contribution >= 4 is 5.91 Å². The average molecular weight is 478 g/mol. The normalized spacial score (nSPS) is 22.9. The fourth-order valence-electron chi connectivity index (χ4n) is 5.74. The van der Waals surface area contributed by atoms with Gasteiger partial charge in [-0.25, -0.2) is 0 Å². The summed E-state index contributed by atoms with van der Waals surface area (Å²) in [5.41, 5.74) is 5.51. The molecule has 1 aromatic heterocycles. The molecule has 1 amide bonds. The molecule has 4 atom stereocenters. The number of rotatable bonds is 7. The van der Waals surface area contributed by atoms with Crippen LogP contribution in [0.4, 0.5) is 0 Å². The smallest absolute Gasteiger partial charge is 0.224 e. The van der Waals surface area contributed by atoms with E-state index in [1.165, 1.54) is 11.1 Å². The first-order valence-electron chi connectivity index (χ1n) is 12.8. The minimum Gasteiger partial charge on any atom is -0.352 e. The van der Waals surface area contributed by atoms with Gasteiger partial charge in [0.2, 0.25) is 5.91 Å². The Morgan fingerprint density at radius 2 is 1.58 bits per heavy atom. The van der Waals surface area contributed by atoms with Crippen LogP contribution >= 0.6 is 0 Å². The Balaban J connectivity index is 1.06. The van der Waals surface area contributed by atoms with E-state index in [1.807, 2.05) is 35.1 Å². The largest absolute Gasteiger partial charge is 0.352 e. The van der Waals surface area contributed by atoms with Gasteiger partial charge in [-0.3, -0.25) is 14.4 Å². The van der Waals surface area contributed by atoms with Gasteiger partial charge in [-0.05, 0) is 42.0 Å². The molecule has 2 bridgehead atoms. The second kappa shape index (κ2) is 10.1. The third kappa shape index (κ3) is 4.82. The van der Waals surface area contributed by atoms with Crippen molar-refractivity contribution in [2.45, 2.75) is 32.0 Å². The Morgan fingerprint density at radius 1 is 0.889 bits per heavy atom. The number of piperidine rings is 3. The zero-order valence-electron chi connectivity index (χ0n) is 20.3. The maximum Gasteiger partial charge on any atom is 0.224 e. The lowest BCUT2D eigenvalue weighted by atomic mass is 9.75. The number of fused-ring (bicyclic) bond motifs is 3. The molecule has 6 nitrogen and oxygen atoms in total. The molecular weight excluding hydrogens is 446 g/mol. The van der Waals surface area contributed by atoms with Gasteiger partial charge in [0.1, 0.15) is 5.69 Å². The van der Waals surface area contributed by atoms with Gasteiger partial charge in [0.05, 0.1) is 18.7 Å². The van der Waals surface area contributed by atoms with E-state index in [2.05, 4.69) is 81.2 Å². The van der Waals surface area contributed by atoms with Gasteiger partial charge in [-0.2, -0.15) is 0 Å². The molecule has 36 heavy (non-hydrogen) atoms. The molecule has 7 rings (SSSR count). The lowest BCUT2D eigenvalue weighted by Crippen LogP contribution is -2.57. The molecule has 1 N–H and O–H groups in total. The maximum absolute atomic E-state index is 12.9. The molecule has 0 radical (unpaired) electrons. The van der Waals surface area contributed by atoms with Crippen LogP contribution in [0.3, 0.4) is 0 Å². The molecule has 0 aliphatic carbocycles. The van der Waals surface area contributed by atoms with E-state index in [4.69, 9.17) is 0 Å². The van der Waals surface area contributed by atoms with E-state index in [0.717, 1.165) is 49.3 Å². The highest BCUT2D eigenvalue weighted by Crippen LogP contribution is 2.37. The van der Waals surface area contributed by atoms with Crippen molar-refractivity contribution in [3.8, 4) is 22.4 Å². The number of carbonyl (C=O) groups excluding carboxylic acids is 1. The Morgan fingerprint density at radius 3 is 2.31 bits per heavy atom. The lowest BCUT2D eigenvalue weighted by Gasteiger charge is -2.49. The van der Waals surface area contributed by atoms with E-state index < -0.39 is 0 Å². The van der Waals surface area contributed by atoms with Crippen molar-refractivity contribution in [1.82, 2.24) is 25.2 Å². The van der Waals surface area contributed by atoms with Crippen LogP contribution < -0.4 is 5.32 Å². The quantitative estimate of drug-likeness (QED) is 0.421. The third-order valence-corrected chi connectivity index (χ3v) is 7.75. The van der Waals surface area contributed by atoms with Crippen molar-refractivity contribution < 1.29 is 4.79 Å². The standard InChI is InChI=1S/C30H31N5O/c36-30(31-18-22-7-3-1-4-8-22)28-20-34-16-15-26(28)17-27(34)19-35-21-29(32-33-35)25-13-11-24(12-14-25)23-9-5-2-6-10-23/h1-14,21,26-28H,15-20H2,(H,31,36). The Kier molecular flexibility index (Phi) is 6.35. The second-order valence-corrected chi connectivity index (χ2v) is 10.0. The SMILES string of the molecule is O=C(NCc1ccccc1)C1CN2CCC1CC2Cn1cc(-c2ccc(-c3ccccc3)cc2)nn1. The van der Waals surface area contributed by atoms with Crippen molar-refractivity contribution in [2.24, 2.45) is 11.8 Å².